The predicted molar refractivity (Wildman–Crippen MR) is 95.0 cm³/mol. The molecular formula is C20H25NO3. The molecule has 0 aliphatic rings. The highest BCUT2D eigenvalue weighted by Crippen LogP contribution is 2.18. The Labute approximate surface area is 143 Å². The van der Waals surface area contributed by atoms with Crippen molar-refractivity contribution >= 4 is 5.91 Å². The molecule has 1 atom stereocenters. The van der Waals surface area contributed by atoms with Gasteiger partial charge in [-0.05, 0) is 30.5 Å². The summed E-state index contributed by atoms with van der Waals surface area (Å²) in [5.74, 6) is 0.642. The zero-order valence-electron chi connectivity index (χ0n) is 14.3. The Bertz CT molecular complexity index is 628. The lowest BCUT2D eigenvalue weighted by atomic mass is 10.2. The highest BCUT2D eigenvalue weighted by Gasteiger charge is 2.18. The highest BCUT2D eigenvalue weighted by atomic mass is 16.5. The molecule has 4 nitrogen and oxygen atoms in total. The van der Waals surface area contributed by atoms with E-state index in [1.54, 1.807) is 0 Å². The summed E-state index contributed by atoms with van der Waals surface area (Å²) in [5.41, 5.74) is 2.15. The van der Waals surface area contributed by atoms with E-state index in [2.05, 4.69) is 5.32 Å². The standard InChI is InChI=1S/C20H25NO3/c1-3-18(24-19-12-8-7-9-16(19)2)20(22)21-13-14-23-15-17-10-5-4-6-11-17/h4-12,18H,3,13-15H2,1-2H3,(H,21,22). The van der Waals surface area contributed by atoms with E-state index < -0.39 is 6.10 Å². The van der Waals surface area contributed by atoms with Crippen LogP contribution < -0.4 is 10.1 Å². The van der Waals surface area contributed by atoms with Crippen LogP contribution in [0, 0.1) is 6.92 Å². The molecule has 128 valence electrons. The van der Waals surface area contributed by atoms with E-state index in [0.29, 0.717) is 26.2 Å². The number of carbonyl (C=O) groups excluding carboxylic acids is 1. The van der Waals surface area contributed by atoms with Gasteiger partial charge in [0.05, 0.1) is 13.2 Å². The first-order valence-electron chi connectivity index (χ1n) is 8.32. The van der Waals surface area contributed by atoms with Crippen molar-refractivity contribution in [2.24, 2.45) is 0 Å². The van der Waals surface area contributed by atoms with Gasteiger partial charge < -0.3 is 14.8 Å². The van der Waals surface area contributed by atoms with Crippen molar-refractivity contribution in [3.8, 4) is 5.75 Å². The van der Waals surface area contributed by atoms with Crippen molar-refractivity contribution in [3.05, 3.63) is 65.7 Å². The van der Waals surface area contributed by atoms with Crippen LogP contribution >= 0.6 is 0 Å². The van der Waals surface area contributed by atoms with Crippen molar-refractivity contribution in [2.75, 3.05) is 13.2 Å². The molecule has 4 heteroatoms. The molecule has 24 heavy (non-hydrogen) atoms. The molecule has 1 N–H and O–H groups in total. The Morgan fingerprint density at radius 1 is 1.08 bits per heavy atom. The van der Waals surface area contributed by atoms with Crippen LogP contribution in [0.3, 0.4) is 0 Å². The average Bonchev–Trinajstić information content (AvgIpc) is 2.61. The van der Waals surface area contributed by atoms with Crippen molar-refractivity contribution < 1.29 is 14.3 Å². The maximum Gasteiger partial charge on any atom is 0.261 e. The monoisotopic (exact) mass is 327 g/mol. The molecule has 1 unspecified atom stereocenters. The first-order valence-corrected chi connectivity index (χ1v) is 8.32. The molecule has 2 aromatic carbocycles. The van der Waals surface area contributed by atoms with E-state index in [1.807, 2.05) is 68.4 Å². The van der Waals surface area contributed by atoms with E-state index in [-0.39, 0.29) is 5.91 Å². The van der Waals surface area contributed by atoms with Gasteiger partial charge in [0, 0.05) is 6.54 Å². The number of hydrogen-bond donors (Lipinski definition) is 1. The van der Waals surface area contributed by atoms with E-state index in [4.69, 9.17) is 9.47 Å². The van der Waals surface area contributed by atoms with Gasteiger partial charge in [0.2, 0.25) is 0 Å². The van der Waals surface area contributed by atoms with Crippen LogP contribution in [0.25, 0.3) is 0 Å². The van der Waals surface area contributed by atoms with Crippen LogP contribution in [-0.2, 0) is 16.1 Å². The first-order chi connectivity index (χ1) is 11.7. The summed E-state index contributed by atoms with van der Waals surface area (Å²) in [5, 5.41) is 2.87. The van der Waals surface area contributed by atoms with Crippen LogP contribution in [0.4, 0.5) is 0 Å². The molecule has 2 rings (SSSR count). The fraction of sp³-hybridized carbons (Fsp3) is 0.350. The summed E-state index contributed by atoms with van der Waals surface area (Å²) in [4.78, 5) is 12.2. The predicted octanol–water partition coefficient (Wildman–Crippen LogP) is 3.49. The smallest absolute Gasteiger partial charge is 0.261 e. The third-order valence-corrected chi connectivity index (χ3v) is 3.68. The van der Waals surface area contributed by atoms with Gasteiger partial charge in [0.25, 0.3) is 5.91 Å². The minimum atomic E-state index is -0.486. The molecular weight excluding hydrogens is 302 g/mol. The van der Waals surface area contributed by atoms with Crippen molar-refractivity contribution in [3.63, 3.8) is 0 Å². The van der Waals surface area contributed by atoms with Gasteiger partial charge in [-0.25, -0.2) is 0 Å². The van der Waals surface area contributed by atoms with Gasteiger partial charge in [-0.1, -0.05) is 55.5 Å². The lowest BCUT2D eigenvalue weighted by molar-refractivity contribution is -0.128. The largest absolute Gasteiger partial charge is 0.480 e. The first kappa shape index (κ1) is 18.0. The van der Waals surface area contributed by atoms with E-state index >= 15 is 0 Å². The molecule has 0 heterocycles. The Balaban J connectivity index is 1.71. The number of benzene rings is 2. The van der Waals surface area contributed by atoms with E-state index in [0.717, 1.165) is 16.9 Å². The summed E-state index contributed by atoms with van der Waals surface area (Å²) >= 11 is 0. The summed E-state index contributed by atoms with van der Waals surface area (Å²) in [6.45, 7) is 5.40. The lowest BCUT2D eigenvalue weighted by Gasteiger charge is -2.18. The lowest BCUT2D eigenvalue weighted by Crippen LogP contribution is -2.39. The van der Waals surface area contributed by atoms with Gasteiger partial charge in [-0.15, -0.1) is 0 Å². The number of amides is 1. The number of carbonyl (C=O) groups is 1. The minimum Gasteiger partial charge on any atom is -0.480 e. The van der Waals surface area contributed by atoms with Gasteiger partial charge in [-0.3, -0.25) is 4.79 Å². The zero-order valence-corrected chi connectivity index (χ0v) is 14.3. The Morgan fingerprint density at radius 3 is 2.50 bits per heavy atom. The van der Waals surface area contributed by atoms with Crippen molar-refractivity contribution in [1.29, 1.82) is 0 Å². The molecule has 0 bridgehead atoms. The second-order valence-corrected chi connectivity index (χ2v) is 5.61. The summed E-state index contributed by atoms with van der Waals surface area (Å²) in [7, 11) is 0. The van der Waals surface area contributed by atoms with Crippen LogP contribution in [0.5, 0.6) is 5.75 Å². The Morgan fingerprint density at radius 2 is 1.79 bits per heavy atom. The van der Waals surface area contributed by atoms with Gasteiger partial charge in [-0.2, -0.15) is 0 Å². The number of rotatable bonds is 9. The van der Waals surface area contributed by atoms with Gasteiger partial charge in [0.15, 0.2) is 6.10 Å². The maximum absolute atomic E-state index is 12.2. The van der Waals surface area contributed by atoms with Crippen LogP contribution in [0.2, 0.25) is 0 Å². The molecule has 0 aromatic heterocycles. The highest BCUT2D eigenvalue weighted by molar-refractivity contribution is 5.81. The number of nitrogens with one attached hydrogen (secondary N) is 1. The van der Waals surface area contributed by atoms with Crippen LogP contribution in [-0.4, -0.2) is 25.2 Å². The second kappa shape index (κ2) is 9.73. The zero-order chi connectivity index (χ0) is 17.2. The molecule has 0 saturated heterocycles. The maximum atomic E-state index is 12.2. The molecule has 0 radical (unpaired) electrons. The summed E-state index contributed by atoms with van der Waals surface area (Å²) < 4.78 is 11.4. The number of para-hydroxylation sites is 1. The molecule has 1 amide bonds. The van der Waals surface area contributed by atoms with Crippen molar-refractivity contribution in [2.45, 2.75) is 33.0 Å². The average molecular weight is 327 g/mol. The summed E-state index contributed by atoms with van der Waals surface area (Å²) in [6, 6.07) is 17.7. The third-order valence-electron chi connectivity index (χ3n) is 3.68. The van der Waals surface area contributed by atoms with Crippen LogP contribution in [0.15, 0.2) is 54.6 Å². The molecule has 0 saturated carbocycles. The third kappa shape index (κ3) is 5.70. The molecule has 0 aliphatic carbocycles. The number of hydrogen-bond acceptors (Lipinski definition) is 3. The minimum absolute atomic E-state index is 0.107. The van der Waals surface area contributed by atoms with E-state index in [9.17, 15) is 4.79 Å². The molecule has 0 spiro atoms. The quantitative estimate of drug-likeness (QED) is 0.717. The number of ether oxygens (including phenoxy) is 2. The normalized spacial score (nSPS) is 11.8. The Kier molecular flexibility index (Phi) is 7.30. The molecule has 0 fully saturated rings. The van der Waals surface area contributed by atoms with Gasteiger partial charge in [0.1, 0.15) is 5.75 Å². The molecule has 0 aliphatic heterocycles. The fourth-order valence-corrected chi connectivity index (χ4v) is 2.29. The fourth-order valence-electron chi connectivity index (χ4n) is 2.29. The Hall–Kier alpha value is -2.33. The van der Waals surface area contributed by atoms with Crippen molar-refractivity contribution in [1.82, 2.24) is 5.32 Å². The summed E-state index contributed by atoms with van der Waals surface area (Å²) in [6.07, 6.45) is 0.130. The van der Waals surface area contributed by atoms with E-state index in [1.165, 1.54) is 0 Å². The van der Waals surface area contributed by atoms with Gasteiger partial charge >= 0.3 is 0 Å². The topological polar surface area (TPSA) is 47.6 Å². The number of aryl methyl sites for hydroxylation is 1. The molecule has 2 aromatic rings. The SMILES string of the molecule is CCC(Oc1ccccc1C)C(=O)NCCOCc1ccccc1. The second-order valence-electron chi connectivity index (χ2n) is 5.61. The van der Waals surface area contributed by atoms with Crippen LogP contribution in [0.1, 0.15) is 24.5 Å².